The van der Waals surface area contributed by atoms with E-state index in [0.717, 1.165) is 27.6 Å². The highest BCUT2D eigenvalue weighted by atomic mass is 32.1. The highest BCUT2D eigenvalue weighted by molar-refractivity contribution is 7.18. The monoisotopic (exact) mass is 305 g/mol. The van der Waals surface area contributed by atoms with E-state index in [-0.39, 0.29) is 5.97 Å². The van der Waals surface area contributed by atoms with E-state index in [0.29, 0.717) is 18.1 Å². The third kappa shape index (κ3) is 2.54. The molecule has 6 heteroatoms. The molecule has 0 amide bonds. The van der Waals surface area contributed by atoms with Crippen LogP contribution in [0.5, 0.6) is 11.5 Å². The molecule has 0 radical (unpaired) electrons. The number of anilines is 1. The van der Waals surface area contributed by atoms with E-state index in [1.807, 2.05) is 24.3 Å². The van der Waals surface area contributed by atoms with Gasteiger partial charge in [0.25, 0.3) is 0 Å². The van der Waals surface area contributed by atoms with Crippen LogP contribution in [0.3, 0.4) is 0 Å². The molecule has 0 atom stereocenters. The molecular weight excluding hydrogens is 290 g/mol. The van der Waals surface area contributed by atoms with Crippen LogP contribution in [0.2, 0.25) is 0 Å². The number of carbonyl (C=O) groups excluding carboxylic acids is 1. The summed E-state index contributed by atoms with van der Waals surface area (Å²) in [5.74, 6) is 1.15. The van der Waals surface area contributed by atoms with E-state index in [4.69, 9.17) is 14.2 Å². The fourth-order valence-electron chi connectivity index (χ4n) is 2.16. The SMILES string of the molecule is CNc1cc(-c2ccc3c(c2)OCCO3)sc1C(=O)OC. The fraction of sp³-hybridized carbons (Fsp3) is 0.267. The molecule has 1 aromatic heterocycles. The summed E-state index contributed by atoms with van der Waals surface area (Å²) in [6, 6.07) is 7.71. The van der Waals surface area contributed by atoms with Gasteiger partial charge in [-0.05, 0) is 29.8 Å². The topological polar surface area (TPSA) is 56.8 Å². The maximum Gasteiger partial charge on any atom is 0.350 e. The van der Waals surface area contributed by atoms with Gasteiger partial charge in [-0.25, -0.2) is 4.79 Å². The average Bonchev–Trinajstić information content (AvgIpc) is 2.98. The minimum Gasteiger partial charge on any atom is -0.486 e. The number of benzene rings is 1. The number of thiophene rings is 1. The van der Waals surface area contributed by atoms with E-state index in [2.05, 4.69) is 5.32 Å². The number of carbonyl (C=O) groups is 1. The summed E-state index contributed by atoms with van der Waals surface area (Å²) in [4.78, 5) is 13.3. The molecule has 0 saturated heterocycles. The summed E-state index contributed by atoms with van der Waals surface area (Å²) in [6.07, 6.45) is 0. The largest absolute Gasteiger partial charge is 0.486 e. The van der Waals surface area contributed by atoms with Gasteiger partial charge in [-0.15, -0.1) is 11.3 Å². The summed E-state index contributed by atoms with van der Waals surface area (Å²) in [7, 11) is 3.16. The van der Waals surface area contributed by atoms with Crippen LogP contribution in [0.25, 0.3) is 10.4 Å². The van der Waals surface area contributed by atoms with Crippen molar-refractivity contribution in [3.05, 3.63) is 29.1 Å². The van der Waals surface area contributed by atoms with Crippen molar-refractivity contribution in [3.63, 3.8) is 0 Å². The van der Waals surface area contributed by atoms with Gasteiger partial charge in [-0.3, -0.25) is 0 Å². The Morgan fingerprint density at radius 3 is 2.71 bits per heavy atom. The molecule has 1 aliphatic rings. The maximum absolute atomic E-state index is 11.8. The zero-order valence-electron chi connectivity index (χ0n) is 11.8. The zero-order valence-corrected chi connectivity index (χ0v) is 12.6. The number of rotatable bonds is 3. The van der Waals surface area contributed by atoms with Crippen molar-refractivity contribution in [2.45, 2.75) is 0 Å². The highest BCUT2D eigenvalue weighted by Gasteiger charge is 2.18. The minimum atomic E-state index is -0.340. The number of esters is 1. The summed E-state index contributed by atoms with van der Waals surface area (Å²) in [6.45, 7) is 1.12. The summed E-state index contributed by atoms with van der Waals surface area (Å²) >= 11 is 1.39. The van der Waals surface area contributed by atoms with Crippen LogP contribution in [-0.4, -0.2) is 33.3 Å². The second-order valence-electron chi connectivity index (χ2n) is 4.45. The van der Waals surface area contributed by atoms with Crippen molar-refractivity contribution in [2.24, 2.45) is 0 Å². The van der Waals surface area contributed by atoms with Crippen LogP contribution in [0, 0.1) is 0 Å². The summed E-state index contributed by atoms with van der Waals surface area (Å²) < 4.78 is 15.9. The normalized spacial score (nSPS) is 12.9. The van der Waals surface area contributed by atoms with Crippen molar-refractivity contribution in [1.82, 2.24) is 0 Å². The fourth-order valence-corrected chi connectivity index (χ4v) is 3.24. The Balaban J connectivity index is 2.00. The minimum absolute atomic E-state index is 0.340. The van der Waals surface area contributed by atoms with E-state index in [9.17, 15) is 4.79 Å². The molecule has 1 N–H and O–H groups in total. The molecular formula is C15H15NO4S. The molecule has 0 unspecified atom stereocenters. The number of methoxy groups -OCH3 is 1. The third-order valence-electron chi connectivity index (χ3n) is 3.20. The molecule has 110 valence electrons. The van der Waals surface area contributed by atoms with Gasteiger partial charge in [0.15, 0.2) is 11.5 Å². The van der Waals surface area contributed by atoms with Crippen molar-refractivity contribution >= 4 is 23.0 Å². The first-order valence-electron chi connectivity index (χ1n) is 6.53. The second kappa shape index (κ2) is 5.65. The standard InChI is InChI=1S/C15H15NO4S/c1-16-10-8-13(21-14(10)15(17)18-2)9-3-4-11-12(7-9)20-6-5-19-11/h3-4,7-8,16H,5-6H2,1-2H3. The van der Waals surface area contributed by atoms with Crippen LogP contribution in [0.1, 0.15) is 9.67 Å². The zero-order chi connectivity index (χ0) is 14.8. The first-order chi connectivity index (χ1) is 10.2. The van der Waals surface area contributed by atoms with Gasteiger partial charge in [-0.1, -0.05) is 0 Å². The molecule has 0 spiro atoms. The lowest BCUT2D eigenvalue weighted by Gasteiger charge is -2.18. The molecule has 3 rings (SSSR count). The second-order valence-corrected chi connectivity index (χ2v) is 5.51. The van der Waals surface area contributed by atoms with Crippen molar-refractivity contribution in [2.75, 3.05) is 32.7 Å². The maximum atomic E-state index is 11.8. The molecule has 1 aromatic carbocycles. The molecule has 2 heterocycles. The Hall–Kier alpha value is -2.21. The average molecular weight is 305 g/mol. The quantitative estimate of drug-likeness (QED) is 0.883. The first kappa shape index (κ1) is 13.8. The Kier molecular flexibility index (Phi) is 3.70. The van der Waals surface area contributed by atoms with Gasteiger partial charge >= 0.3 is 5.97 Å². The predicted octanol–water partition coefficient (Wildman–Crippen LogP) is 3.01. The first-order valence-corrected chi connectivity index (χ1v) is 7.34. The van der Waals surface area contributed by atoms with Crippen LogP contribution >= 0.6 is 11.3 Å². The number of fused-ring (bicyclic) bond motifs is 1. The molecule has 1 aliphatic heterocycles. The van der Waals surface area contributed by atoms with Crippen molar-refractivity contribution < 1.29 is 19.0 Å². The molecule has 2 aromatic rings. The van der Waals surface area contributed by atoms with Gasteiger partial charge < -0.3 is 19.5 Å². The molecule has 0 aliphatic carbocycles. The predicted molar refractivity (Wildman–Crippen MR) is 81.6 cm³/mol. The van der Waals surface area contributed by atoms with Crippen LogP contribution in [0.4, 0.5) is 5.69 Å². The molecule has 0 saturated carbocycles. The van der Waals surface area contributed by atoms with E-state index < -0.39 is 0 Å². The Morgan fingerprint density at radius 2 is 2.00 bits per heavy atom. The van der Waals surface area contributed by atoms with E-state index in [1.54, 1.807) is 7.05 Å². The molecule has 0 fully saturated rings. The van der Waals surface area contributed by atoms with E-state index in [1.165, 1.54) is 18.4 Å². The molecule has 5 nitrogen and oxygen atoms in total. The van der Waals surface area contributed by atoms with Crippen molar-refractivity contribution in [3.8, 4) is 21.9 Å². The number of hydrogen-bond donors (Lipinski definition) is 1. The summed E-state index contributed by atoms with van der Waals surface area (Å²) in [5, 5.41) is 3.02. The van der Waals surface area contributed by atoms with Gasteiger partial charge in [0.2, 0.25) is 0 Å². The Labute approximate surface area is 126 Å². The Bertz CT molecular complexity index is 680. The Morgan fingerprint density at radius 1 is 1.24 bits per heavy atom. The smallest absolute Gasteiger partial charge is 0.350 e. The van der Waals surface area contributed by atoms with Crippen LogP contribution in [0.15, 0.2) is 24.3 Å². The number of nitrogens with one attached hydrogen (secondary N) is 1. The van der Waals surface area contributed by atoms with Gasteiger partial charge in [0, 0.05) is 11.9 Å². The number of hydrogen-bond acceptors (Lipinski definition) is 6. The van der Waals surface area contributed by atoms with Gasteiger partial charge in [0.1, 0.15) is 18.1 Å². The molecule has 21 heavy (non-hydrogen) atoms. The lowest BCUT2D eigenvalue weighted by molar-refractivity contribution is 0.0607. The third-order valence-corrected chi connectivity index (χ3v) is 4.36. The highest BCUT2D eigenvalue weighted by Crippen LogP contribution is 2.39. The van der Waals surface area contributed by atoms with Gasteiger partial charge in [-0.2, -0.15) is 0 Å². The van der Waals surface area contributed by atoms with Gasteiger partial charge in [0.05, 0.1) is 12.8 Å². The molecule has 0 bridgehead atoms. The summed E-state index contributed by atoms with van der Waals surface area (Å²) in [5.41, 5.74) is 1.74. The van der Waals surface area contributed by atoms with Crippen LogP contribution < -0.4 is 14.8 Å². The number of ether oxygens (including phenoxy) is 3. The van der Waals surface area contributed by atoms with E-state index >= 15 is 0 Å². The van der Waals surface area contributed by atoms with Crippen molar-refractivity contribution in [1.29, 1.82) is 0 Å². The van der Waals surface area contributed by atoms with Crippen LogP contribution in [-0.2, 0) is 4.74 Å². The lowest BCUT2D eigenvalue weighted by atomic mass is 10.1. The lowest BCUT2D eigenvalue weighted by Crippen LogP contribution is -2.15.